The van der Waals surface area contributed by atoms with Gasteiger partial charge >= 0.3 is 0 Å². The second-order valence-electron chi connectivity index (χ2n) is 6.82. The van der Waals surface area contributed by atoms with E-state index in [-0.39, 0.29) is 29.2 Å². The molecule has 0 aromatic carbocycles. The number of anilines is 1. The smallest absolute Gasteiger partial charge is 0.225 e. The van der Waals surface area contributed by atoms with E-state index in [1.54, 1.807) is 25.4 Å². The molecule has 3 saturated heterocycles. The summed E-state index contributed by atoms with van der Waals surface area (Å²) in [5.41, 5.74) is -0.169. The Kier molecular flexibility index (Phi) is 3.25. The van der Waals surface area contributed by atoms with Crippen molar-refractivity contribution in [3.05, 3.63) is 18.5 Å². The number of hydrogen-bond donors (Lipinski definition) is 1. The van der Waals surface area contributed by atoms with Crippen LogP contribution in [0.2, 0.25) is 0 Å². The molecule has 7 heteroatoms. The summed E-state index contributed by atoms with van der Waals surface area (Å²) < 4.78 is 0. The predicted octanol–water partition coefficient (Wildman–Crippen LogP) is 0.0399. The second kappa shape index (κ2) is 5.18. The minimum Gasteiger partial charge on any atom is -0.350 e. The van der Waals surface area contributed by atoms with Crippen LogP contribution >= 0.6 is 0 Å². The first kappa shape index (κ1) is 14.4. The molecule has 3 aliphatic rings. The van der Waals surface area contributed by atoms with Crippen LogP contribution in [-0.4, -0.2) is 58.4 Å². The van der Waals surface area contributed by atoms with Crippen LogP contribution in [0.1, 0.15) is 19.8 Å². The lowest BCUT2D eigenvalue weighted by Crippen LogP contribution is -2.56. The van der Waals surface area contributed by atoms with Crippen LogP contribution in [0, 0.1) is 11.8 Å². The van der Waals surface area contributed by atoms with Gasteiger partial charge in [-0.3, -0.25) is 9.59 Å². The molecule has 1 spiro atoms. The summed E-state index contributed by atoms with van der Waals surface area (Å²) in [5.74, 6) is 1.23. The minimum absolute atomic E-state index is 0.00249. The molecule has 122 valence electrons. The van der Waals surface area contributed by atoms with E-state index < -0.39 is 0 Å². The summed E-state index contributed by atoms with van der Waals surface area (Å²) in [6, 6.07) is 1.80. The Balaban J connectivity index is 1.54. The quantitative estimate of drug-likeness (QED) is 0.792. The van der Waals surface area contributed by atoms with E-state index in [4.69, 9.17) is 0 Å². The molecule has 4 heterocycles. The number of rotatable bonds is 1. The van der Waals surface area contributed by atoms with Crippen LogP contribution in [0.15, 0.2) is 18.5 Å². The van der Waals surface area contributed by atoms with E-state index in [2.05, 4.69) is 20.2 Å². The van der Waals surface area contributed by atoms with Gasteiger partial charge in [0.1, 0.15) is 0 Å². The third kappa shape index (κ3) is 2.26. The van der Waals surface area contributed by atoms with Gasteiger partial charge < -0.3 is 15.1 Å². The van der Waals surface area contributed by atoms with Gasteiger partial charge in [0.2, 0.25) is 17.8 Å². The maximum Gasteiger partial charge on any atom is 0.225 e. The van der Waals surface area contributed by atoms with Gasteiger partial charge in [0, 0.05) is 57.0 Å². The van der Waals surface area contributed by atoms with Crippen molar-refractivity contribution in [1.29, 1.82) is 0 Å². The van der Waals surface area contributed by atoms with Crippen molar-refractivity contribution in [2.45, 2.75) is 25.3 Å². The molecule has 7 nitrogen and oxygen atoms in total. The van der Waals surface area contributed by atoms with E-state index in [0.29, 0.717) is 12.5 Å². The lowest BCUT2D eigenvalue weighted by Gasteiger charge is -2.42. The number of piperidine rings is 1. The lowest BCUT2D eigenvalue weighted by atomic mass is 9.75. The molecule has 0 aliphatic carbocycles. The summed E-state index contributed by atoms with van der Waals surface area (Å²) in [6.07, 6.45) is 5.14. The van der Waals surface area contributed by atoms with Gasteiger partial charge in [-0.15, -0.1) is 0 Å². The topological polar surface area (TPSA) is 78.4 Å². The summed E-state index contributed by atoms with van der Waals surface area (Å²) in [5, 5.41) is 3.26. The first-order valence-corrected chi connectivity index (χ1v) is 8.18. The largest absolute Gasteiger partial charge is 0.350 e. The average molecular weight is 315 g/mol. The Morgan fingerprint density at radius 2 is 1.96 bits per heavy atom. The number of carbonyl (C=O) groups is 2. The lowest BCUT2D eigenvalue weighted by molar-refractivity contribution is -0.130. The van der Waals surface area contributed by atoms with Gasteiger partial charge in [0.15, 0.2) is 0 Å². The molecule has 1 N–H and O–H groups in total. The van der Waals surface area contributed by atoms with Crippen LogP contribution in [0.4, 0.5) is 5.95 Å². The van der Waals surface area contributed by atoms with Crippen molar-refractivity contribution in [2.75, 3.05) is 31.1 Å². The van der Waals surface area contributed by atoms with Crippen LogP contribution in [0.25, 0.3) is 0 Å². The molecule has 3 fully saturated rings. The molecule has 2 atom stereocenters. The summed E-state index contributed by atoms with van der Waals surface area (Å²) in [6.45, 7) is 4.53. The zero-order valence-electron chi connectivity index (χ0n) is 13.2. The van der Waals surface area contributed by atoms with Crippen molar-refractivity contribution in [2.24, 2.45) is 11.8 Å². The van der Waals surface area contributed by atoms with Crippen molar-refractivity contribution < 1.29 is 9.59 Å². The third-order valence-electron chi connectivity index (χ3n) is 5.67. The monoisotopic (exact) mass is 315 g/mol. The number of carbonyl (C=O) groups excluding carboxylic acids is 2. The number of aromatic nitrogens is 2. The number of nitrogens with zero attached hydrogens (tertiary/aromatic N) is 4. The highest BCUT2D eigenvalue weighted by atomic mass is 16.2. The fraction of sp³-hybridized carbons (Fsp3) is 0.625. The Labute approximate surface area is 135 Å². The van der Waals surface area contributed by atoms with E-state index in [1.165, 1.54) is 0 Å². The van der Waals surface area contributed by atoms with Gasteiger partial charge in [-0.2, -0.15) is 0 Å². The van der Waals surface area contributed by atoms with Gasteiger partial charge in [-0.1, -0.05) is 0 Å². The highest BCUT2D eigenvalue weighted by Crippen LogP contribution is 2.44. The standard InChI is InChI=1S/C16H21N5O2/c1-11(22)20-7-3-16(4-8-20)13-10-21(9-12(13)14(23)19-16)15-17-5-2-6-18-15/h2,5-6,12-13H,3-4,7-10H2,1H3,(H,19,23)/t12-,13+/m0/s1. The maximum absolute atomic E-state index is 12.5. The highest BCUT2D eigenvalue weighted by Gasteiger charge is 2.57. The summed E-state index contributed by atoms with van der Waals surface area (Å²) in [4.78, 5) is 36.6. The Hall–Kier alpha value is -2.18. The van der Waals surface area contributed by atoms with E-state index in [1.807, 2.05) is 4.90 Å². The second-order valence-corrected chi connectivity index (χ2v) is 6.82. The SMILES string of the molecule is CC(=O)N1CCC2(CC1)NC(=O)[C@H]1CN(c3ncccn3)C[C@H]12. The molecule has 0 unspecified atom stereocenters. The molecule has 0 radical (unpaired) electrons. The van der Waals surface area contributed by atoms with E-state index in [9.17, 15) is 9.59 Å². The molecule has 0 bridgehead atoms. The molecule has 1 aromatic heterocycles. The Bertz CT molecular complexity index is 627. The molecule has 1 aromatic rings. The number of fused-ring (bicyclic) bond motifs is 2. The minimum atomic E-state index is -0.169. The molecule has 0 saturated carbocycles. The van der Waals surface area contributed by atoms with Gasteiger partial charge in [-0.25, -0.2) is 9.97 Å². The fourth-order valence-electron chi connectivity index (χ4n) is 4.39. The normalized spacial score (nSPS) is 28.8. The zero-order chi connectivity index (χ0) is 16.0. The fourth-order valence-corrected chi connectivity index (χ4v) is 4.39. The zero-order valence-corrected chi connectivity index (χ0v) is 13.2. The highest BCUT2D eigenvalue weighted by molar-refractivity contribution is 5.84. The van der Waals surface area contributed by atoms with E-state index >= 15 is 0 Å². The van der Waals surface area contributed by atoms with Gasteiger partial charge in [-0.05, 0) is 18.9 Å². The first-order chi connectivity index (χ1) is 11.1. The van der Waals surface area contributed by atoms with Crippen LogP contribution in [0.5, 0.6) is 0 Å². The summed E-state index contributed by atoms with van der Waals surface area (Å²) >= 11 is 0. The number of hydrogen-bond acceptors (Lipinski definition) is 5. The summed E-state index contributed by atoms with van der Waals surface area (Å²) in [7, 11) is 0. The van der Waals surface area contributed by atoms with Crippen molar-refractivity contribution >= 4 is 17.8 Å². The first-order valence-electron chi connectivity index (χ1n) is 8.18. The van der Waals surface area contributed by atoms with Crippen molar-refractivity contribution in [3.8, 4) is 0 Å². The van der Waals surface area contributed by atoms with E-state index in [0.717, 1.165) is 32.5 Å². The van der Waals surface area contributed by atoms with Crippen LogP contribution < -0.4 is 10.2 Å². The predicted molar refractivity (Wildman–Crippen MR) is 83.6 cm³/mol. The number of amides is 2. The van der Waals surface area contributed by atoms with Crippen LogP contribution in [0.3, 0.4) is 0 Å². The number of likely N-dealkylation sites (tertiary alicyclic amines) is 1. The Morgan fingerprint density at radius 1 is 1.26 bits per heavy atom. The molecule has 2 amide bonds. The maximum atomic E-state index is 12.5. The Morgan fingerprint density at radius 3 is 2.61 bits per heavy atom. The average Bonchev–Trinajstić information content (AvgIpc) is 3.10. The van der Waals surface area contributed by atoms with Gasteiger partial charge in [0.25, 0.3) is 0 Å². The molecule has 23 heavy (non-hydrogen) atoms. The molecule has 3 aliphatic heterocycles. The molecular weight excluding hydrogens is 294 g/mol. The van der Waals surface area contributed by atoms with Crippen molar-refractivity contribution in [3.63, 3.8) is 0 Å². The molecular formula is C16H21N5O2. The molecule has 4 rings (SSSR count). The van der Waals surface area contributed by atoms with Crippen molar-refractivity contribution in [1.82, 2.24) is 20.2 Å². The third-order valence-corrected chi connectivity index (χ3v) is 5.67. The number of nitrogens with one attached hydrogen (secondary N) is 1. The van der Waals surface area contributed by atoms with Gasteiger partial charge in [0.05, 0.1) is 5.92 Å². The van der Waals surface area contributed by atoms with Crippen LogP contribution in [-0.2, 0) is 9.59 Å².